The molecule has 2 heterocycles. The van der Waals surface area contributed by atoms with Crippen LogP contribution in [0.1, 0.15) is 6.42 Å². The van der Waals surface area contributed by atoms with Crippen molar-refractivity contribution in [3.05, 3.63) is 18.2 Å². The number of amides is 1. The fourth-order valence-corrected chi connectivity index (χ4v) is 4.28. The van der Waals surface area contributed by atoms with Crippen LogP contribution in [0.25, 0.3) is 0 Å². The van der Waals surface area contributed by atoms with Crippen molar-refractivity contribution >= 4 is 15.9 Å². The molecular weight excluding hydrogens is 346 g/mol. The Morgan fingerprint density at radius 2 is 1.80 bits per heavy atom. The van der Waals surface area contributed by atoms with Crippen molar-refractivity contribution in [1.29, 1.82) is 0 Å². The zero-order valence-electron chi connectivity index (χ0n) is 14.5. The number of fused-ring (bicyclic) bond motifs is 1. The SMILES string of the molecule is CN(C)CCC(=O)N1CCN(S(=O)(=O)c2ccc3c(c2)OCO3)CC1. The Labute approximate surface area is 147 Å². The van der Waals surface area contributed by atoms with Crippen LogP contribution in [-0.2, 0) is 14.8 Å². The lowest BCUT2D eigenvalue weighted by Gasteiger charge is -2.34. The Bertz CT molecular complexity index is 742. The molecule has 0 N–H and O–H groups in total. The van der Waals surface area contributed by atoms with Gasteiger partial charge in [0.15, 0.2) is 11.5 Å². The van der Waals surface area contributed by atoms with Gasteiger partial charge in [-0.05, 0) is 26.2 Å². The van der Waals surface area contributed by atoms with Crippen LogP contribution in [0, 0.1) is 0 Å². The summed E-state index contributed by atoms with van der Waals surface area (Å²) in [5.74, 6) is 1.06. The van der Waals surface area contributed by atoms with Gasteiger partial charge >= 0.3 is 0 Å². The zero-order chi connectivity index (χ0) is 18.0. The average Bonchev–Trinajstić information content (AvgIpc) is 3.07. The second-order valence-corrected chi connectivity index (χ2v) is 8.29. The number of sulfonamides is 1. The minimum atomic E-state index is -3.61. The molecule has 1 saturated heterocycles. The lowest BCUT2D eigenvalue weighted by molar-refractivity contribution is -0.132. The topological polar surface area (TPSA) is 79.4 Å². The van der Waals surface area contributed by atoms with Crippen LogP contribution in [0.5, 0.6) is 11.5 Å². The number of carbonyl (C=O) groups excluding carboxylic acids is 1. The molecule has 0 radical (unpaired) electrons. The molecule has 9 heteroatoms. The summed E-state index contributed by atoms with van der Waals surface area (Å²) in [5, 5.41) is 0. The maximum Gasteiger partial charge on any atom is 0.243 e. The highest BCUT2D eigenvalue weighted by Crippen LogP contribution is 2.34. The first kappa shape index (κ1) is 18.0. The van der Waals surface area contributed by atoms with Crippen molar-refractivity contribution in [3.8, 4) is 11.5 Å². The molecule has 1 aromatic rings. The van der Waals surface area contributed by atoms with E-state index in [1.54, 1.807) is 11.0 Å². The molecule has 1 aromatic carbocycles. The molecule has 0 bridgehead atoms. The third-order valence-electron chi connectivity index (χ3n) is 4.35. The van der Waals surface area contributed by atoms with E-state index in [2.05, 4.69) is 0 Å². The van der Waals surface area contributed by atoms with Gasteiger partial charge in [0, 0.05) is 45.2 Å². The summed E-state index contributed by atoms with van der Waals surface area (Å²) in [6, 6.07) is 4.62. The predicted molar refractivity (Wildman–Crippen MR) is 91.1 cm³/mol. The van der Waals surface area contributed by atoms with Gasteiger partial charge in [0.2, 0.25) is 22.7 Å². The molecule has 2 aliphatic heterocycles. The van der Waals surface area contributed by atoms with Gasteiger partial charge in [-0.2, -0.15) is 4.31 Å². The number of rotatable bonds is 5. The third kappa shape index (κ3) is 3.88. The molecule has 0 atom stereocenters. The van der Waals surface area contributed by atoms with Crippen LogP contribution in [-0.4, -0.2) is 82.0 Å². The Morgan fingerprint density at radius 1 is 1.12 bits per heavy atom. The molecule has 3 rings (SSSR count). The summed E-state index contributed by atoms with van der Waals surface area (Å²) >= 11 is 0. The first-order chi connectivity index (χ1) is 11.9. The van der Waals surface area contributed by atoms with E-state index in [0.717, 1.165) is 0 Å². The lowest BCUT2D eigenvalue weighted by atomic mass is 10.3. The van der Waals surface area contributed by atoms with Crippen LogP contribution in [0.4, 0.5) is 0 Å². The van der Waals surface area contributed by atoms with E-state index in [4.69, 9.17) is 9.47 Å². The quantitative estimate of drug-likeness (QED) is 0.738. The van der Waals surface area contributed by atoms with Crippen molar-refractivity contribution in [1.82, 2.24) is 14.1 Å². The highest BCUT2D eigenvalue weighted by molar-refractivity contribution is 7.89. The summed E-state index contributed by atoms with van der Waals surface area (Å²) in [4.78, 5) is 16.0. The number of nitrogens with zero attached hydrogens (tertiary/aromatic N) is 3. The Morgan fingerprint density at radius 3 is 2.48 bits per heavy atom. The van der Waals surface area contributed by atoms with Gasteiger partial charge in [0.05, 0.1) is 4.90 Å². The number of piperazine rings is 1. The molecule has 0 aliphatic carbocycles. The molecule has 8 nitrogen and oxygen atoms in total. The Hall–Kier alpha value is -1.84. The minimum Gasteiger partial charge on any atom is -0.454 e. The maximum atomic E-state index is 12.8. The van der Waals surface area contributed by atoms with Crippen molar-refractivity contribution in [2.45, 2.75) is 11.3 Å². The van der Waals surface area contributed by atoms with E-state index >= 15 is 0 Å². The second kappa shape index (κ2) is 7.19. The molecule has 138 valence electrons. The smallest absolute Gasteiger partial charge is 0.243 e. The Kier molecular flexibility index (Phi) is 5.16. The van der Waals surface area contributed by atoms with Crippen LogP contribution < -0.4 is 9.47 Å². The summed E-state index contributed by atoms with van der Waals surface area (Å²) in [5.41, 5.74) is 0. The van der Waals surface area contributed by atoms with E-state index in [-0.39, 0.29) is 17.6 Å². The van der Waals surface area contributed by atoms with E-state index in [9.17, 15) is 13.2 Å². The fourth-order valence-electron chi connectivity index (χ4n) is 2.84. The average molecular weight is 369 g/mol. The highest BCUT2D eigenvalue weighted by atomic mass is 32.2. The monoisotopic (exact) mass is 369 g/mol. The highest BCUT2D eigenvalue weighted by Gasteiger charge is 2.31. The number of benzene rings is 1. The number of hydrogen-bond donors (Lipinski definition) is 0. The molecule has 0 unspecified atom stereocenters. The van der Waals surface area contributed by atoms with Gasteiger partial charge in [-0.25, -0.2) is 8.42 Å². The second-order valence-electron chi connectivity index (χ2n) is 6.35. The van der Waals surface area contributed by atoms with Gasteiger partial charge in [-0.3, -0.25) is 4.79 Å². The molecule has 1 fully saturated rings. The number of carbonyl (C=O) groups is 1. The van der Waals surface area contributed by atoms with Crippen molar-refractivity contribution < 1.29 is 22.7 Å². The first-order valence-corrected chi connectivity index (χ1v) is 9.64. The van der Waals surface area contributed by atoms with Crippen LogP contribution in [0.15, 0.2) is 23.1 Å². The lowest BCUT2D eigenvalue weighted by Crippen LogP contribution is -2.50. The minimum absolute atomic E-state index is 0.0637. The van der Waals surface area contributed by atoms with E-state index in [1.165, 1.54) is 16.4 Å². The number of ether oxygens (including phenoxy) is 2. The van der Waals surface area contributed by atoms with Gasteiger partial charge in [0.25, 0.3) is 0 Å². The van der Waals surface area contributed by atoms with Crippen LogP contribution in [0.3, 0.4) is 0 Å². The van der Waals surface area contributed by atoms with Crippen molar-refractivity contribution in [3.63, 3.8) is 0 Å². The summed E-state index contributed by atoms with van der Waals surface area (Å²) in [6.45, 7) is 2.21. The summed E-state index contributed by atoms with van der Waals surface area (Å²) in [7, 11) is 0.233. The van der Waals surface area contributed by atoms with Crippen LogP contribution >= 0.6 is 0 Å². The number of hydrogen-bond acceptors (Lipinski definition) is 6. The molecule has 1 amide bonds. The van der Waals surface area contributed by atoms with E-state index in [1.807, 2.05) is 19.0 Å². The van der Waals surface area contributed by atoms with Gasteiger partial charge in [-0.15, -0.1) is 0 Å². The summed E-state index contributed by atoms with van der Waals surface area (Å²) in [6.07, 6.45) is 0.446. The van der Waals surface area contributed by atoms with E-state index in [0.29, 0.717) is 50.6 Å². The predicted octanol–water partition coefficient (Wildman–Crippen LogP) is 0.200. The third-order valence-corrected chi connectivity index (χ3v) is 6.24. The fraction of sp³-hybridized carbons (Fsp3) is 0.562. The normalized spacial score (nSPS) is 18.0. The zero-order valence-corrected chi connectivity index (χ0v) is 15.3. The summed E-state index contributed by atoms with van der Waals surface area (Å²) < 4.78 is 37.5. The molecule has 2 aliphatic rings. The van der Waals surface area contributed by atoms with Crippen LogP contribution in [0.2, 0.25) is 0 Å². The van der Waals surface area contributed by atoms with Crippen molar-refractivity contribution in [2.24, 2.45) is 0 Å². The Balaban J connectivity index is 1.63. The molecule has 25 heavy (non-hydrogen) atoms. The molecule has 0 spiro atoms. The van der Waals surface area contributed by atoms with Crippen molar-refractivity contribution in [2.75, 3.05) is 53.6 Å². The van der Waals surface area contributed by atoms with E-state index < -0.39 is 10.0 Å². The standard InChI is InChI=1S/C16H23N3O5S/c1-17(2)6-5-16(20)18-7-9-19(10-8-18)25(21,22)13-3-4-14-15(11-13)24-12-23-14/h3-4,11H,5-10,12H2,1-2H3. The molecular formula is C16H23N3O5S. The maximum absolute atomic E-state index is 12.8. The largest absolute Gasteiger partial charge is 0.454 e. The molecule has 0 aromatic heterocycles. The van der Waals surface area contributed by atoms with Gasteiger partial charge in [-0.1, -0.05) is 0 Å². The van der Waals surface area contributed by atoms with Gasteiger partial charge < -0.3 is 19.3 Å². The van der Waals surface area contributed by atoms with Gasteiger partial charge in [0.1, 0.15) is 0 Å². The first-order valence-electron chi connectivity index (χ1n) is 8.20. The molecule has 0 saturated carbocycles.